The number of rotatable bonds is 11. The monoisotopic (exact) mass is 700 g/mol. The molecule has 2 N–H and O–H groups in total. The third-order valence-corrected chi connectivity index (χ3v) is 8.24. The molecule has 190 valence electrons. The molecule has 0 heterocycles. The number of aromatic hydroxyl groups is 2. The van der Waals surface area contributed by atoms with Gasteiger partial charge in [-0.2, -0.15) is 0 Å². The molecule has 35 heavy (non-hydrogen) atoms. The van der Waals surface area contributed by atoms with Crippen LogP contribution in [0, 0.1) is 14.1 Å². The van der Waals surface area contributed by atoms with E-state index in [0.29, 0.717) is 10.2 Å². The summed E-state index contributed by atoms with van der Waals surface area (Å²) in [5.74, 6) is 1.38. The normalized spacial score (nSPS) is 10.5. The number of ether oxygens (including phenoxy) is 1. The lowest BCUT2D eigenvalue weighted by Gasteiger charge is -2.13. The Bertz CT molecular complexity index is 1010. The Kier molecular flexibility index (Phi) is 13.9. The lowest BCUT2D eigenvalue weighted by atomic mass is 10.0. The fourth-order valence-electron chi connectivity index (χ4n) is 3.75. The van der Waals surface area contributed by atoms with Crippen molar-refractivity contribution in [3.8, 4) is 17.2 Å². The summed E-state index contributed by atoms with van der Waals surface area (Å²) < 4.78 is 7.80. The molecular formula is C30H38I2O3. The van der Waals surface area contributed by atoms with Crippen molar-refractivity contribution in [1.29, 1.82) is 0 Å². The maximum atomic E-state index is 9.47. The standard InChI is InChI=1S/C19H23IO.C11H15IO2/c1-3-4-6-11-17-12-15(2)19(20)18(13-17)21-14-16-9-7-5-8-10-16;1-2-3-4-5-8-6-9(13)11(12)10(14)7-8/h5,7-10,12-13H,3-4,6,11,14H2,1-2H3;6-7,13-14H,2-5H2,1H3. The molecule has 0 saturated heterocycles. The molecule has 3 aromatic rings. The fourth-order valence-corrected chi connectivity index (χ4v) is 4.53. The average Bonchev–Trinajstić information content (AvgIpc) is 2.85. The van der Waals surface area contributed by atoms with Crippen molar-refractivity contribution in [3.63, 3.8) is 0 Å². The van der Waals surface area contributed by atoms with Crippen LogP contribution in [0.2, 0.25) is 0 Å². The van der Waals surface area contributed by atoms with Crippen LogP contribution in [-0.2, 0) is 19.4 Å². The number of aryl methyl sites for hydroxylation is 3. The first-order valence-electron chi connectivity index (χ1n) is 12.5. The average molecular weight is 700 g/mol. The molecule has 0 aliphatic carbocycles. The second kappa shape index (κ2) is 16.3. The Labute approximate surface area is 238 Å². The largest absolute Gasteiger partial charge is 0.507 e. The zero-order valence-corrected chi connectivity index (χ0v) is 25.4. The number of benzene rings is 3. The van der Waals surface area contributed by atoms with Gasteiger partial charge in [-0.05, 0) is 118 Å². The number of phenolic OH excluding ortho intramolecular Hbond substituents is 2. The van der Waals surface area contributed by atoms with Crippen LogP contribution in [0.4, 0.5) is 0 Å². The minimum atomic E-state index is 0.178. The van der Waals surface area contributed by atoms with Gasteiger partial charge in [-0.1, -0.05) is 75.9 Å². The highest BCUT2D eigenvalue weighted by atomic mass is 127. The van der Waals surface area contributed by atoms with E-state index in [-0.39, 0.29) is 11.5 Å². The Hall–Kier alpha value is -1.48. The minimum absolute atomic E-state index is 0.178. The van der Waals surface area contributed by atoms with Gasteiger partial charge in [0.25, 0.3) is 0 Å². The smallest absolute Gasteiger partial charge is 0.133 e. The maximum Gasteiger partial charge on any atom is 0.133 e. The van der Waals surface area contributed by atoms with Gasteiger partial charge in [-0.3, -0.25) is 0 Å². The molecule has 0 aromatic heterocycles. The highest BCUT2D eigenvalue weighted by Gasteiger charge is 2.08. The number of unbranched alkanes of at least 4 members (excludes halogenated alkanes) is 4. The molecule has 0 spiro atoms. The molecule has 0 amide bonds. The van der Waals surface area contributed by atoms with Crippen LogP contribution in [0.3, 0.4) is 0 Å². The van der Waals surface area contributed by atoms with Crippen LogP contribution >= 0.6 is 45.2 Å². The summed E-state index contributed by atoms with van der Waals surface area (Å²) in [6.45, 7) is 7.20. The van der Waals surface area contributed by atoms with Crippen molar-refractivity contribution >= 4 is 45.2 Å². The van der Waals surface area contributed by atoms with Gasteiger partial charge < -0.3 is 14.9 Å². The van der Waals surface area contributed by atoms with Gasteiger partial charge in [0.05, 0.1) is 7.14 Å². The molecule has 0 aliphatic heterocycles. The first-order valence-corrected chi connectivity index (χ1v) is 14.7. The van der Waals surface area contributed by atoms with Crippen molar-refractivity contribution in [2.24, 2.45) is 0 Å². The predicted octanol–water partition coefficient (Wildman–Crippen LogP) is 9.35. The molecule has 0 bridgehead atoms. The van der Waals surface area contributed by atoms with E-state index in [9.17, 15) is 10.2 Å². The first kappa shape index (κ1) is 29.7. The summed E-state index contributed by atoms with van der Waals surface area (Å²) in [6.07, 6.45) is 9.37. The first-order chi connectivity index (χ1) is 16.8. The highest BCUT2D eigenvalue weighted by Crippen LogP contribution is 2.31. The molecule has 3 rings (SSSR count). The highest BCUT2D eigenvalue weighted by molar-refractivity contribution is 14.1. The van der Waals surface area contributed by atoms with Crippen LogP contribution in [0.1, 0.15) is 74.6 Å². The molecule has 0 saturated carbocycles. The lowest BCUT2D eigenvalue weighted by Crippen LogP contribution is -1.99. The van der Waals surface area contributed by atoms with E-state index in [1.54, 1.807) is 12.1 Å². The topological polar surface area (TPSA) is 49.7 Å². The quantitative estimate of drug-likeness (QED) is 0.155. The lowest BCUT2D eigenvalue weighted by molar-refractivity contribution is 0.303. The van der Waals surface area contributed by atoms with E-state index in [4.69, 9.17) is 4.74 Å². The fraction of sp³-hybridized carbons (Fsp3) is 0.400. The van der Waals surface area contributed by atoms with Crippen molar-refractivity contribution in [3.05, 3.63) is 84.0 Å². The number of halogens is 2. The van der Waals surface area contributed by atoms with Crippen LogP contribution in [-0.4, -0.2) is 10.2 Å². The molecule has 0 aliphatic rings. The summed E-state index contributed by atoms with van der Waals surface area (Å²) in [7, 11) is 0. The SMILES string of the molecule is CCCCCc1cc(C)c(I)c(OCc2ccccc2)c1.CCCCCc1cc(O)c(I)c(O)c1. The van der Waals surface area contributed by atoms with Crippen molar-refractivity contribution in [2.75, 3.05) is 0 Å². The molecule has 3 nitrogen and oxygen atoms in total. The van der Waals surface area contributed by atoms with Crippen molar-refractivity contribution in [2.45, 2.75) is 78.7 Å². The molecule has 3 aromatic carbocycles. The number of hydrogen-bond donors (Lipinski definition) is 2. The molecule has 0 fully saturated rings. The molecular weight excluding hydrogens is 662 g/mol. The van der Waals surface area contributed by atoms with Crippen molar-refractivity contribution < 1.29 is 14.9 Å². The van der Waals surface area contributed by atoms with Crippen LogP contribution in [0.15, 0.2) is 54.6 Å². The second-order valence-electron chi connectivity index (χ2n) is 8.86. The third kappa shape index (κ3) is 10.6. The number of phenols is 2. The van der Waals surface area contributed by atoms with E-state index in [1.807, 2.05) is 28.7 Å². The summed E-state index contributed by atoms with van der Waals surface area (Å²) >= 11 is 4.32. The van der Waals surface area contributed by atoms with Gasteiger partial charge in [0.1, 0.15) is 23.9 Å². The summed E-state index contributed by atoms with van der Waals surface area (Å²) in [5, 5.41) is 18.9. The molecule has 0 radical (unpaired) electrons. The zero-order valence-electron chi connectivity index (χ0n) is 21.1. The van der Waals surface area contributed by atoms with E-state index < -0.39 is 0 Å². The molecule has 0 unspecified atom stereocenters. The van der Waals surface area contributed by atoms with Gasteiger partial charge in [0.15, 0.2) is 0 Å². The van der Waals surface area contributed by atoms with Gasteiger partial charge >= 0.3 is 0 Å². The number of hydrogen-bond acceptors (Lipinski definition) is 3. The minimum Gasteiger partial charge on any atom is -0.507 e. The van der Waals surface area contributed by atoms with Gasteiger partial charge in [-0.15, -0.1) is 0 Å². The second-order valence-corrected chi connectivity index (χ2v) is 11.0. The van der Waals surface area contributed by atoms with Crippen LogP contribution < -0.4 is 4.74 Å². The Morgan fingerprint density at radius 3 is 1.77 bits per heavy atom. The van der Waals surface area contributed by atoms with Crippen molar-refractivity contribution in [1.82, 2.24) is 0 Å². The Morgan fingerprint density at radius 2 is 1.23 bits per heavy atom. The van der Waals surface area contributed by atoms with Gasteiger partial charge in [-0.25, -0.2) is 0 Å². The van der Waals surface area contributed by atoms with Crippen LogP contribution in [0.25, 0.3) is 0 Å². The van der Waals surface area contributed by atoms with E-state index in [0.717, 1.165) is 30.6 Å². The molecule has 5 heteroatoms. The zero-order chi connectivity index (χ0) is 25.6. The van der Waals surface area contributed by atoms with E-state index in [2.05, 4.69) is 79.8 Å². The summed E-state index contributed by atoms with van der Waals surface area (Å²) in [4.78, 5) is 0. The van der Waals surface area contributed by atoms with Crippen LogP contribution in [0.5, 0.6) is 17.2 Å². The Balaban J connectivity index is 0.000000269. The Morgan fingerprint density at radius 1 is 0.686 bits per heavy atom. The molecule has 0 atom stereocenters. The van der Waals surface area contributed by atoms with E-state index in [1.165, 1.54) is 52.4 Å². The predicted molar refractivity (Wildman–Crippen MR) is 164 cm³/mol. The summed E-state index contributed by atoms with van der Waals surface area (Å²) in [6, 6.07) is 18.3. The van der Waals surface area contributed by atoms with E-state index >= 15 is 0 Å². The maximum absolute atomic E-state index is 9.47. The third-order valence-electron chi connectivity index (χ3n) is 5.75. The van der Waals surface area contributed by atoms with Gasteiger partial charge in [0, 0.05) is 0 Å². The van der Waals surface area contributed by atoms with Gasteiger partial charge in [0.2, 0.25) is 0 Å². The summed E-state index contributed by atoms with van der Waals surface area (Å²) in [5.41, 5.74) is 4.92.